The van der Waals surface area contributed by atoms with Crippen LogP contribution in [0.1, 0.15) is 44.5 Å². The van der Waals surface area contributed by atoms with Gasteiger partial charge in [-0.3, -0.25) is 19.8 Å². The minimum absolute atomic E-state index is 0.0646. The molecule has 0 radical (unpaired) electrons. The van der Waals surface area contributed by atoms with E-state index in [2.05, 4.69) is 27.2 Å². The Balaban J connectivity index is 1.90. The molecule has 0 bridgehead atoms. The summed E-state index contributed by atoms with van der Waals surface area (Å²) in [6.45, 7) is 4.44. The third kappa shape index (κ3) is 5.46. The van der Waals surface area contributed by atoms with Crippen LogP contribution in [-0.2, 0) is 27.7 Å². The molecule has 0 saturated heterocycles. The molecule has 0 spiro atoms. The quantitative estimate of drug-likeness (QED) is 0.589. The monoisotopic (exact) mass is 508 g/mol. The summed E-state index contributed by atoms with van der Waals surface area (Å²) in [6.07, 6.45) is 0.728. The van der Waals surface area contributed by atoms with E-state index in [-0.39, 0.29) is 16.0 Å². The van der Waals surface area contributed by atoms with E-state index in [1.165, 1.54) is 49.7 Å². The molecule has 3 rings (SSSR count). The first-order chi connectivity index (χ1) is 16.1. The van der Waals surface area contributed by atoms with Crippen LogP contribution in [0.15, 0.2) is 29.2 Å². The van der Waals surface area contributed by atoms with Crippen LogP contribution >= 0.6 is 11.3 Å². The predicted octanol–water partition coefficient (Wildman–Crippen LogP) is 2.52. The number of fused-ring (bicyclic) bond motifs is 1. The molecule has 2 N–H and O–H groups in total. The van der Waals surface area contributed by atoms with Gasteiger partial charge < -0.3 is 10.1 Å². The Morgan fingerprint density at radius 3 is 2.41 bits per heavy atom. The molecule has 1 aliphatic rings. The molecule has 1 aromatic carbocycles. The number of methoxy groups -OCH3 is 1. The van der Waals surface area contributed by atoms with Gasteiger partial charge >= 0.3 is 6.09 Å². The maximum atomic E-state index is 12.9. The van der Waals surface area contributed by atoms with Crippen molar-refractivity contribution in [3.05, 3.63) is 45.8 Å². The van der Waals surface area contributed by atoms with Gasteiger partial charge in [-0.05, 0) is 49.2 Å². The number of carbonyl (C=O) groups is 3. The lowest BCUT2D eigenvalue weighted by Gasteiger charge is -2.26. The molecule has 0 fully saturated rings. The summed E-state index contributed by atoms with van der Waals surface area (Å²) < 4.78 is 30.2. The zero-order valence-electron chi connectivity index (χ0n) is 19.5. The Bertz CT molecular complexity index is 1190. The van der Waals surface area contributed by atoms with E-state index in [0.29, 0.717) is 18.0 Å². The first kappa shape index (κ1) is 25.8. The van der Waals surface area contributed by atoms with Gasteiger partial charge in [0.25, 0.3) is 11.8 Å². The number of benzene rings is 1. The Hall–Kier alpha value is -2.80. The number of rotatable bonds is 7. The van der Waals surface area contributed by atoms with E-state index in [1.54, 1.807) is 0 Å². The number of carbonyl (C=O) groups excluding carboxylic acids is 3. The number of hydrogen-bond acceptors (Lipinski definition) is 8. The van der Waals surface area contributed by atoms with E-state index in [0.717, 1.165) is 41.4 Å². The fourth-order valence-electron chi connectivity index (χ4n) is 3.66. The third-order valence-electron chi connectivity index (χ3n) is 5.43. The van der Waals surface area contributed by atoms with Crippen LogP contribution in [0.3, 0.4) is 0 Å². The minimum atomic E-state index is -3.62. The van der Waals surface area contributed by atoms with E-state index in [4.69, 9.17) is 0 Å². The Morgan fingerprint density at radius 2 is 1.82 bits per heavy atom. The van der Waals surface area contributed by atoms with Crippen molar-refractivity contribution in [2.75, 3.05) is 39.6 Å². The lowest BCUT2D eigenvalue weighted by molar-refractivity contribution is 0.0936. The molecule has 1 aliphatic heterocycles. The van der Waals surface area contributed by atoms with Gasteiger partial charge in [0.1, 0.15) is 5.00 Å². The maximum absolute atomic E-state index is 12.9. The first-order valence-electron chi connectivity index (χ1n) is 10.7. The highest BCUT2D eigenvalue weighted by Crippen LogP contribution is 2.37. The number of amides is 3. The number of nitrogens with one attached hydrogen (secondary N) is 2. The molecule has 0 saturated carbocycles. The van der Waals surface area contributed by atoms with Gasteiger partial charge in [0, 0.05) is 37.6 Å². The maximum Gasteiger partial charge on any atom is 0.413 e. The van der Waals surface area contributed by atoms with Crippen LogP contribution in [0, 0.1) is 0 Å². The molecule has 2 aromatic rings. The Kier molecular flexibility index (Phi) is 8.08. The number of thiophene rings is 1. The Morgan fingerprint density at radius 1 is 1.15 bits per heavy atom. The predicted molar refractivity (Wildman–Crippen MR) is 129 cm³/mol. The van der Waals surface area contributed by atoms with Crippen molar-refractivity contribution in [3.8, 4) is 0 Å². The summed E-state index contributed by atoms with van der Waals surface area (Å²) in [5.74, 6) is -1.14. The van der Waals surface area contributed by atoms with Crippen molar-refractivity contribution in [2.45, 2.75) is 31.2 Å². The summed E-state index contributed by atoms with van der Waals surface area (Å²) in [6, 6.07) is 5.54. The number of anilines is 1. The SMILES string of the molecule is CCCN1CCc2c(sc(NC(=O)c3ccc(S(=O)(=O)N(C)C)cc3)c2C(=O)NC(=O)OC)C1. The van der Waals surface area contributed by atoms with E-state index < -0.39 is 27.9 Å². The highest BCUT2D eigenvalue weighted by atomic mass is 32.2. The van der Waals surface area contributed by atoms with Crippen LogP contribution in [0.4, 0.5) is 9.80 Å². The van der Waals surface area contributed by atoms with Gasteiger partial charge in [0.05, 0.1) is 17.6 Å². The zero-order valence-corrected chi connectivity index (χ0v) is 21.1. The summed E-state index contributed by atoms with van der Waals surface area (Å²) in [5, 5.41) is 5.28. The number of hydrogen-bond donors (Lipinski definition) is 2. The fourth-order valence-corrected chi connectivity index (χ4v) is 5.85. The number of nitrogens with zero attached hydrogens (tertiary/aromatic N) is 2. The number of alkyl carbamates (subject to hydrolysis) is 1. The lowest BCUT2D eigenvalue weighted by Crippen LogP contribution is -2.34. The number of ether oxygens (including phenoxy) is 1. The fraction of sp³-hybridized carbons (Fsp3) is 0.409. The molecule has 184 valence electrons. The first-order valence-corrected chi connectivity index (χ1v) is 12.9. The van der Waals surface area contributed by atoms with Crippen molar-refractivity contribution < 1.29 is 27.5 Å². The van der Waals surface area contributed by atoms with Crippen molar-refractivity contribution in [2.24, 2.45) is 0 Å². The van der Waals surface area contributed by atoms with E-state index in [1.807, 2.05) is 0 Å². The van der Waals surface area contributed by atoms with Crippen LogP contribution in [0.5, 0.6) is 0 Å². The van der Waals surface area contributed by atoms with Gasteiger partial charge in [-0.15, -0.1) is 11.3 Å². The van der Waals surface area contributed by atoms with Crippen LogP contribution in [0.2, 0.25) is 0 Å². The van der Waals surface area contributed by atoms with Gasteiger partial charge in [-0.2, -0.15) is 0 Å². The van der Waals surface area contributed by atoms with E-state index >= 15 is 0 Å². The third-order valence-corrected chi connectivity index (χ3v) is 8.39. The summed E-state index contributed by atoms with van der Waals surface area (Å²) in [5.41, 5.74) is 1.29. The number of sulfonamides is 1. The van der Waals surface area contributed by atoms with E-state index in [9.17, 15) is 22.8 Å². The summed E-state index contributed by atoms with van der Waals surface area (Å²) >= 11 is 1.30. The van der Waals surface area contributed by atoms with Gasteiger partial charge in [-0.25, -0.2) is 17.5 Å². The van der Waals surface area contributed by atoms with Crippen molar-refractivity contribution in [1.29, 1.82) is 0 Å². The second kappa shape index (κ2) is 10.6. The molecule has 10 nitrogen and oxygen atoms in total. The van der Waals surface area contributed by atoms with Crippen molar-refractivity contribution >= 4 is 44.3 Å². The van der Waals surface area contributed by atoms with Gasteiger partial charge in [0.2, 0.25) is 10.0 Å². The van der Waals surface area contributed by atoms with Gasteiger partial charge in [0.15, 0.2) is 0 Å². The second-order valence-electron chi connectivity index (χ2n) is 7.95. The molecule has 2 heterocycles. The average Bonchev–Trinajstić information content (AvgIpc) is 3.16. The number of imide groups is 1. The minimum Gasteiger partial charge on any atom is -0.453 e. The van der Waals surface area contributed by atoms with Crippen molar-refractivity contribution in [3.63, 3.8) is 0 Å². The molecule has 0 atom stereocenters. The average molecular weight is 509 g/mol. The summed E-state index contributed by atoms with van der Waals surface area (Å²) in [4.78, 5) is 40.7. The zero-order chi connectivity index (χ0) is 25.0. The highest BCUT2D eigenvalue weighted by molar-refractivity contribution is 7.89. The standard InChI is InChI=1S/C22H28N4O6S2/c1-5-11-26-12-10-16-17(13-26)33-21(18(16)20(28)24-22(29)32-4)23-19(27)14-6-8-15(9-7-14)34(30,31)25(2)3/h6-9H,5,10-13H2,1-4H3,(H,23,27)(H,24,28,29). The molecular weight excluding hydrogens is 480 g/mol. The lowest BCUT2D eigenvalue weighted by atomic mass is 10.0. The smallest absolute Gasteiger partial charge is 0.413 e. The molecule has 0 aliphatic carbocycles. The largest absolute Gasteiger partial charge is 0.453 e. The van der Waals surface area contributed by atoms with Crippen LogP contribution in [-0.4, -0.2) is 69.8 Å². The topological polar surface area (TPSA) is 125 Å². The molecule has 0 unspecified atom stereocenters. The second-order valence-corrected chi connectivity index (χ2v) is 11.2. The summed E-state index contributed by atoms with van der Waals surface area (Å²) in [7, 11) is 0.399. The molecule has 34 heavy (non-hydrogen) atoms. The highest BCUT2D eigenvalue weighted by Gasteiger charge is 2.29. The van der Waals surface area contributed by atoms with Crippen LogP contribution in [0.25, 0.3) is 0 Å². The van der Waals surface area contributed by atoms with Gasteiger partial charge in [-0.1, -0.05) is 6.92 Å². The molecule has 12 heteroatoms. The molecular formula is C22H28N4O6S2. The van der Waals surface area contributed by atoms with Crippen LogP contribution < -0.4 is 10.6 Å². The molecule has 1 aromatic heterocycles. The normalized spacial score (nSPS) is 13.9. The van der Waals surface area contributed by atoms with Crippen molar-refractivity contribution in [1.82, 2.24) is 14.5 Å². The Labute approximate surface area is 202 Å². The molecule has 3 amide bonds.